The van der Waals surface area contributed by atoms with Gasteiger partial charge in [0.2, 0.25) is 0 Å². The number of amides is 2. The van der Waals surface area contributed by atoms with Gasteiger partial charge >= 0.3 is 18.0 Å². The third-order valence-electron chi connectivity index (χ3n) is 3.03. The van der Waals surface area contributed by atoms with Crippen LogP contribution in [-0.2, 0) is 14.3 Å². The van der Waals surface area contributed by atoms with Crippen molar-refractivity contribution in [2.45, 2.75) is 6.92 Å². The smallest absolute Gasteiger partial charge is 0.338 e. The first-order valence-corrected chi connectivity index (χ1v) is 6.91. The molecule has 8 nitrogen and oxygen atoms in total. The maximum atomic E-state index is 11.9. The fourth-order valence-electron chi connectivity index (χ4n) is 1.89. The van der Waals surface area contributed by atoms with Crippen LogP contribution in [-0.4, -0.2) is 42.8 Å². The van der Waals surface area contributed by atoms with E-state index in [1.807, 2.05) is 0 Å². The van der Waals surface area contributed by atoms with Crippen LogP contribution < -0.4 is 10.6 Å². The summed E-state index contributed by atoms with van der Waals surface area (Å²) >= 11 is 0. The summed E-state index contributed by atoms with van der Waals surface area (Å²) in [6, 6.07) is 5.02. The zero-order chi connectivity index (χ0) is 16.8. The number of esters is 2. The van der Waals surface area contributed by atoms with Gasteiger partial charge in [-0.25, -0.2) is 14.4 Å². The Morgan fingerprint density at radius 2 is 1.87 bits per heavy atom. The van der Waals surface area contributed by atoms with Gasteiger partial charge in [-0.2, -0.15) is 0 Å². The van der Waals surface area contributed by atoms with Gasteiger partial charge in [0, 0.05) is 0 Å². The highest BCUT2D eigenvalue weighted by atomic mass is 16.5. The average molecular weight is 320 g/mol. The predicted octanol–water partition coefficient (Wildman–Crippen LogP) is 0.679. The van der Waals surface area contributed by atoms with E-state index in [-0.39, 0.29) is 42.3 Å². The molecular formula is C15H16N2O6. The molecular weight excluding hydrogens is 304 g/mol. The van der Waals surface area contributed by atoms with Crippen LogP contribution in [0, 0.1) is 0 Å². The van der Waals surface area contributed by atoms with Crippen molar-refractivity contribution in [1.82, 2.24) is 10.6 Å². The number of aromatic hydroxyl groups is 1. The molecule has 0 spiro atoms. The highest BCUT2D eigenvalue weighted by molar-refractivity contribution is 5.94. The largest absolute Gasteiger partial charge is 0.508 e. The van der Waals surface area contributed by atoms with Crippen molar-refractivity contribution in [3.05, 3.63) is 41.1 Å². The molecule has 1 aromatic carbocycles. The molecule has 2 rings (SSSR count). The fraction of sp³-hybridized carbons (Fsp3) is 0.267. The second-order valence-electron chi connectivity index (χ2n) is 4.61. The molecule has 0 atom stereocenters. The van der Waals surface area contributed by atoms with E-state index in [9.17, 15) is 19.5 Å². The zero-order valence-corrected chi connectivity index (χ0v) is 12.4. The maximum absolute atomic E-state index is 11.9. The van der Waals surface area contributed by atoms with Gasteiger partial charge in [0.05, 0.1) is 30.0 Å². The Labute approximate surface area is 132 Å². The van der Waals surface area contributed by atoms with E-state index in [0.717, 1.165) is 0 Å². The van der Waals surface area contributed by atoms with Gasteiger partial charge in [-0.15, -0.1) is 0 Å². The summed E-state index contributed by atoms with van der Waals surface area (Å²) in [5, 5.41) is 14.1. The Hall–Kier alpha value is -3.03. The molecule has 1 heterocycles. The van der Waals surface area contributed by atoms with Crippen molar-refractivity contribution in [3.8, 4) is 5.75 Å². The van der Waals surface area contributed by atoms with Gasteiger partial charge in [0.15, 0.2) is 0 Å². The summed E-state index contributed by atoms with van der Waals surface area (Å²) in [5.41, 5.74) is 0.616. The third kappa shape index (κ3) is 4.22. The van der Waals surface area contributed by atoms with Gasteiger partial charge in [-0.05, 0) is 31.2 Å². The molecule has 0 fully saturated rings. The molecule has 0 aromatic heterocycles. The molecule has 1 aromatic rings. The second kappa shape index (κ2) is 7.30. The van der Waals surface area contributed by atoms with Crippen LogP contribution in [0.5, 0.6) is 5.75 Å². The lowest BCUT2D eigenvalue weighted by Crippen LogP contribution is -2.45. The van der Waals surface area contributed by atoms with Crippen molar-refractivity contribution in [1.29, 1.82) is 0 Å². The molecule has 0 bridgehead atoms. The van der Waals surface area contributed by atoms with E-state index in [2.05, 4.69) is 10.6 Å². The number of ether oxygens (including phenoxy) is 2. The number of hydrogen-bond acceptors (Lipinski definition) is 6. The summed E-state index contributed by atoms with van der Waals surface area (Å²) in [6.07, 6.45) is 0. The molecule has 0 radical (unpaired) electrons. The Kier molecular flexibility index (Phi) is 5.19. The average Bonchev–Trinajstić information content (AvgIpc) is 2.53. The van der Waals surface area contributed by atoms with E-state index in [0.29, 0.717) is 0 Å². The van der Waals surface area contributed by atoms with Gasteiger partial charge in [0.25, 0.3) is 0 Å². The maximum Gasteiger partial charge on any atom is 0.338 e. The summed E-state index contributed by atoms with van der Waals surface area (Å²) in [7, 11) is 0. The summed E-state index contributed by atoms with van der Waals surface area (Å²) in [6.45, 7) is 1.58. The van der Waals surface area contributed by atoms with E-state index in [1.165, 1.54) is 24.3 Å². The third-order valence-corrected chi connectivity index (χ3v) is 3.03. The van der Waals surface area contributed by atoms with E-state index in [4.69, 9.17) is 9.47 Å². The van der Waals surface area contributed by atoms with Crippen molar-refractivity contribution in [2.75, 3.05) is 19.8 Å². The molecule has 0 saturated heterocycles. The normalized spacial score (nSPS) is 13.9. The van der Waals surface area contributed by atoms with Crippen LogP contribution in [0.2, 0.25) is 0 Å². The molecule has 3 N–H and O–H groups in total. The number of rotatable bonds is 5. The first kappa shape index (κ1) is 16.3. The molecule has 1 aliphatic rings. The van der Waals surface area contributed by atoms with Gasteiger partial charge in [-0.3, -0.25) is 0 Å². The van der Waals surface area contributed by atoms with Crippen molar-refractivity contribution >= 4 is 18.0 Å². The number of phenols is 1. The van der Waals surface area contributed by atoms with E-state index in [1.54, 1.807) is 6.92 Å². The van der Waals surface area contributed by atoms with Crippen molar-refractivity contribution in [2.24, 2.45) is 0 Å². The molecule has 122 valence electrons. The first-order chi connectivity index (χ1) is 11.0. The number of phenolic OH excluding ortho intramolecular Hbond substituents is 1. The number of nitrogens with one attached hydrogen (secondary N) is 2. The van der Waals surface area contributed by atoms with Gasteiger partial charge < -0.3 is 25.2 Å². The molecule has 0 unspecified atom stereocenters. The minimum absolute atomic E-state index is 0.00321. The van der Waals surface area contributed by atoms with E-state index < -0.39 is 18.0 Å². The zero-order valence-electron chi connectivity index (χ0n) is 12.4. The lowest BCUT2D eigenvalue weighted by molar-refractivity contribution is -0.138. The molecule has 0 aliphatic carbocycles. The Bertz CT molecular complexity index is 650. The molecule has 23 heavy (non-hydrogen) atoms. The summed E-state index contributed by atoms with van der Waals surface area (Å²) in [5.74, 6) is -1.20. The monoisotopic (exact) mass is 320 g/mol. The Morgan fingerprint density at radius 3 is 2.52 bits per heavy atom. The minimum Gasteiger partial charge on any atom is -0.508 e. The molecule has 0 saturated carbocycles. The molecule has 1 aliphatic heterocycles. The second-order valence-corrected chi connectivity index (χ2v) is 4.61. The predicted molar refractivity (Wildman–Crippen MR) is 78.6 cm³/mol. The number of benzene rings is 1. The highest BCUT2D eigenvalue weighted by Crippen LogP contribution is 2.13. The van der Waals surface area contributed by atoms with Crippen LogP contribution in [0.3, 0.4) is 0 Å². The van der Waals surface area contributed by atoms with Crippen LogP contribution in [0.4, 0.5) is 4.79 Å². The van der Waals surface area contributed by atoms with Crippen LogP contribution in [0.25, 0.3) is 0 Å². The topological polar surface area (TPSA) is 114 Å². The number of carbonyl (C=O) groups is 3. The summed E-state index contributed by atoms with van der Waals surface area (Å²) < 4.78 is 9.98. The number of carbonyl (C=O) groups excluding carboxylic acids is 3. The number of urea groups is 1. The summed E-state index contributed by atoms with van der Waals surface area (Å²) in [4.78, 5) is 35.1. The quantitative estimate of drug-likeness (QED) is 0.687. The van der Waals surface area contributed by atoms with Crippen molar-refractivity contribution < 1.29 is 29.0 Å². The fourth-order valence-corrected chi connectivity index (χ4v) is 1.89. The van der Waals surface area contributed by atoms with Gasteiger partial charge in [0.1, 0.15) is 12.4 Å². The minimum atomic E-state index is -0.645. The molecule has 8 heteroatoms. The van der Waals surface area contributed by atoms with Crippen molar-refractivity contribution in [3.63, 3.8) is 0 Å². The number of hydrogen-bond donors (Lipinski definition) is 3. The van der Waals surface area contributed by atoms with Crippen LogP contribution in [0.1, 0.15) is 17.3 Å². The Morgan fingerprint density at radius 1 is 1.17 bits per heavy atom. The van der Waals surface area contributed by atoms with E-state index >= 15 is 0 Å². The standard InChI is InChI=1S/C15H16N2O6/c1-2-22-14(20)11-7-16-15(21)17-12(11)8-23-13(19)9-3-5-10(18)6-4-9/h3-6,18H,2,7-8H2,1H3,(H2,16,17,21). The highest BCUT2D eigenvalue weighted by Gasteiger charge is 2.24. The SMILES string of the molecule is CCOC(=O)C1=C(COC(=O)c2ccc(O)cc2)NC(=O)NC1. The van der Waals surface area contributed by atoms with Crippen LogP contribution in [0.15, 0.2) is 35.5 Å². The lowest BCUT2D eigenvalue weighted by Gasteiger charge is -2.21. The molecule has 2 amide bonds. The van der Waals surface area contributed by atoms with Gasteiger partial charge in [-0.1, -0.05) is 0 Å². The lowest BCUT2D eigenvalue weighted by atomic mass is 10.1. The first-order valence-electron chi connectivity index (χ1n) is 6.91. The van der Waals surface area contributed by atoms with Crippen LogP contribution >= 0.6 is 0 Å². The Balaban J connectivity index is 2.08.